The van der Waals surface area contributed by atoms with E-state index in [4.69, 9.17) is 5.73 Å². The molecule has 0 aliphatic rings. The Labute approximate surface area is 110 Å². The van der Waals surface area contributed by atoms with Crippen molar-refractivity contribution in [1.29, 1.82) is 0 Å². The first-order valence-electron chi connectivity index (χ1n) is 6.12. The van der Waals surface area contributed by atoms with Gasteiger partial charge in [0.25, 0.3) is 0 Å². The monoisotopic (exact) mass is 253 g/mol. The Morgan fingerprint density at radius 2 is 2.16 bits per heavy atom. The highest BCUT2D eigenvalue weighted by Gasteiger charge is 2.05. The third kappa shape index (κ3) is 2.22. The Balaban J connectivity index is 1.94. The van der Waals surface area contributed by atoms with E-state index in [1.807, 2.05) is 31.2 Å². The molecule has 0 bridgehead atoms. The third-order valence-electron chi connectivity index (χ3n) is 3.06. The maximum atomic E-state index is 5.78. The van der Waals surface area contributed by atoms with Gasteiger partial charge in [0, 0.05) is 28.9 Å². The first kappa shape index (κ1) is 11.5. The van der Waals surface area contributed by atoms with Crippen LogP contribution in [0.2, 0.25) is 0 Å². The maximum absolute atomic E-state index is 5.78. The highest BCUT2D eigenvalue weighted by atomic mass is 15.1. The average molecular weight is 253 g/mol. The molecular formula is C14H15N5. The van der Waals surface area contributed by atoms with Crippen molar-refractivity contribution in [3.63, 3.8) is 0 Å². The normalized spacial score (nSPS) is 10.8. The molecular weight excluding hydrogens is 238 g/mol. The minimum Gasteiger partial charge on any atom is -0.384 e. The number of nitrogens with two attached hydrogens (primary N) is 1. The first-order valence-corrected chi connectivity index (χ1v) is 6.12. The van der Waals surface area contributed by atoms with E-state index >= 15 is 0 Å². The molecule has 0 spiro atoms. The number of nitrogen functional groups attached to an aromatic ring is 1. The van der Waals surface area contributed by atoms with Crippen LogP contribution in [0.15, 0.2) is 36.5 Å². The number of rotatable bonds is 3. The summed E-state index contributed by atoms with van der Waals surface area (Å²) in [7, 11) is 0. The second-order valence-electron chi connectivity index (χ2n) is 4.49. The molecule has 3 rings (SSSR count). The quantitative estimate of drug-likeness (QED) is 0.670. The minimum atomic E-state index is 0.600. The number of aromatic amines is 1. The van der Waals surface area contributed by atoms with E-state index in [9.17, 15) is 0 Å². The summed E-state index contributed by atoms with van der Waals surface area (Å²) in [6, 6.07) is 10.1. The lowest BCUT2D eigenvalue weighted by Crippen LogP contribution is -2.02. The van der Waals surface area contributed by atoms with Crippen molar-refractivity contribution in [2.24, 2.45) is 0 Å². The summed E-state index contributed by atoms with van der Waals surface area (Å²) in [5, 5.41) is 11.1. The minimum absolute atomic E-state index is 0.600. The highest BCUT2D eigenvalue weighted by Crippen LogP contribution is 2.23. The van der Waals surface area contributed by atoms with Gasteiger partial charge in [-0.15, -0.1) is 0 Å². The number of pyridine rings is 1. The van der Waals surface area contributed by atoms with Gasteiger partial charge in [-0.05, 0) is 19.1 Å². The van der Waals surface area contributed by atoms with Crippen molar-refractivity contribution in [2.45, 2.75) is 13.5 Å². The SMILES string of the molecule is Cc1cc(NCc2cn[nH]c2N)c2ccccc2n1. The molecule has 19 heavy (non-hydrogen) atoms. The Hall–Kier alpha value is -2.56. The molecule has 2 heterocycles. The van der Waals surface area contributed by atoms with Crippen LogP contribution < -0.4 is 11.1 Å². The number of para-hydroxylation sites is 1. The van der Waals surface area contributed by atoms with Crippen molar-refractivity contribution >= 4 is 22.4 Å². The molecule has 5 heteroatoms. The van der Waals surface area contributed by atoms with E-state index in [2.05, 4.69) is 26.6 Å². The number of aromatic nitrogens is 3. The number of hydrogen-bond donors (Lipinski definition) is 3. The smallest absolute Gasteiger partial charge is 0.123 e. The van der Waals surface area contributed by atoms with Crippen molar-refractivity contribution in [3.8, 4) is 0 Å². The summed E-state index contributed by atoms with van der Waals surface area (Å²) in [4.78, 5) is 4.52. The fourth-order valence-corrected chi connectivity index (χ4v) is 2.11. The van der Waals surface area contributed by atoms with Crippen LogP contribution in [0.4, 0.5) is 11.5 Å². The van der Waals surface area contributed by atoms with Crippen molar-refractivity contribution in [1.82, 2.24) is 15.2 Å². The Morgan fingerprint density at radius 1 is 1.32 bits per heavy atom. The van der Waals surface area contributed by atoms with Gasteiger partial charge in [0.15, 0.2) is 0 Å². The van der Waals surface area contributed by atoms with E-state index in [1.165, 1.54) is 0 Å². The fourth-order valence-electron chi connectivity index (χ4n) is 2.11. The predicted octanol–water partition coefficient (Wildman–Crippen LogP) is 2.46. The lowest BCUT2D eigenvalue weighted by Gasteiger charge is -2.10. The number of aryl methyl sites for hydroxylation is 1. The van der Waals surface area contributed by atoms with Crippen LogP contribution in [-0.2, 0) is 6.54 Å². The van der Waals surface area contributed by atoms with Gasteiger partial charge in [-0.3, -0.25) is 10.1 Å². The first-order chi connectivity index (χ1) is 9.24. The molecule has 0 unspecified atom stereocenters. The van der Waals surface area contributed by atoms with E-state index in [0.717, 1.165) is 27.8 Å². The Kier molecular flexibility index (Phi) is 2.79. The summed E-state index contributed by atoms with van der Waals surface area (Å²) >= 11 is 0. The van der Waals surface area contributed by atoms with E-state index in [1.54, 1.807) is 6.20 Å². The van der Waals surface area contributed by atoms with Crippen molar-refractivity contribution < 1.29 is 0 Å². The van der Waals surface area contributed by atoms with E-state index < -0.39 is 0 Å². The van der Waals surface area contributed by atoms with Gasteiger partial charge < -0.3 is 11.1 Å². The van der Waals surface area contributed by atoms with Crippen LogP contribution in [0, 0.1) is 6.92 Å². The van der Waals surface area contributed by atoms with Crippen LogP contribution in [0.25, 0.3) is 10.9 Å². The van der Waals surface area contributed by atoms with Gasteiger partial charge in [-0.25, -0.2) is 0 Å². The molecule has 0 saturated heterocycles. The summed E-state index contributed by atoms with van der Waals surface area (Å²) in [6.07, 6.45) is 1.73. The topological polar surface area (TPSA) is 79.6 Å². The number of benzene rings is 1. The van der Waals surface area contributed by atoms with Gasteiger partial charge in [0.05, 0.1) is 11.7 Å². The number of nitrogens with one attached hydrogen (secondary N) is 2. The molecule has 0 amide bonds. The molecule has 3 aromatic rings. The molecule has 96 valence electrons. The number of fused-ring (bicyclic) bond motifs is 1. The summed E-state index contributed by atoms with van der Waals surface area (Å²) in [5.41, 5.74) is 9.77. The third-order valence-corrected chi connectivity index (χ3v) is 3.06. The highest BCUT2D eigenvalue weighted by molar-refractivity contribution is 5.91. The number of nitrogens with zero attached hydrogens (tertiary/aromatic N) is 2. The van der Waals surface area contributed by atoms with Gasteiger partial charge >= 0.3 is 0 Å². The van der Waals surface area contributed by atoms with Gasteiger partial charge in [0.1, 0.15) is 5.82 Å². The number of H-pyrrole nitrogens is 1. The second-order valence-corrected chi connectivity index (χ2v) is 4.49. The fraction of sp³-hybridized carbons (Fsp3) is 0.143. The molecule has 5 nitrogen and oxygen atoms in total. The Bertz CT molecular complexity index is 717. The summed E-state index contributed by atoms with van der Waals surface area (Å²) in [6.45, 7) is 2.62. The maximum Gasteiger partial charge on any atom is 0.123 e. The summed E-state index contributed by atoms with van der Waals surface area (Å²) in [5.74, 6) is 0.600. The number of hydrogen-bond acceptors (Lipinski definition) is 4. The molecule has 0 aliphatic carbocycles. The van der Waals surface area contributed by atoms with E-state index in [-0.39, 0.29) is 0 Å². The molecule has 2 aromatic heterocycles. The van der Waals surface area contributed by atoms with Gasteiger partial charge in [-0.2, -0.15) is 5.10 Å². The van der Waals surface area contributed by atoms with Gasteiger partial charge in [0.2, 0.25) is 0 Å². The average Bonchev–Trinajstić information content (AvgIpc) is 2.81. The van der Waals surface area contributed by atoms with Crippen LogP contribution in [0.3, 0.4) is 0 Å². The lowest BCUT2D eigenvalue weighted by atomic mass is 10.1. The van der Waals surface area contributed by atoms with E-state index in [0.29, 0.717) is 12.4 Å². The largest absolute Gasteiger partial charge is 0.384 e. The zero-order valence-electron chi connectivity index (χ0n) is 10.6. The number of anilines is 2. The summed E-state index contributed by atoms with van der Waals surface area (Å²) < 4.78 is 0. The predicted molar refractivity (Wildman–Crippen MR) is 76.8 cm³/mol. The molecule has 4 N–H and O–H groups in total. The van der Waals surface area contributed by atoms with Crippen LogP contribution in [0.1, 0.15) is 11.3 Å². The lowest BCUT2D eigenvalue weighted by molar-refractivity contribution is 1.10. The second kappa shape index (κ2) is 4.61. The van der Waals surface area contributed by atoms with Crippen LogP contribution in [-0.4, -0.2) is 15.2 Å². The molecule has 0 atom stereocenters. The molecule has 0 aliphatic heterocycles. The molecule has 0 radical (unpaired) electrons. The Morgan fingerprint density at radius 3 is 2.95 bits per heavy atom. The zero-order chi connectivity index (χ0) is 13.2. The van der Waals surface area contributed by atoms with Crippen molar-refractivity contribution in [3.05, 3.63) is 47.8 Å². The molecule has 1 aromatic carbocycles. The van der Waals surface area contributed by atoms with Crippen molar-refractivity contribution in [2.75, 3.05) is 11.1 Å². The standard InChI is InChI=1S/C14H15N5/c1-9-6-13(11-4-2-3-5-12(11)18-9)16-7-10-8-17-19-14(10)15/h2-6,8H,7H2,1H3,(H,16,18)(H3,15,17,19). The molecule has 0 saturated carbocycles. The van der Waals surface area contributed by atoms with Crippen LogP contribution >= 0.6 is 0 Å². The van der Waals surface area contributed by atoms with Gasteiger partial charge in [-0.1, -0.05) is 18.2 Å². The zero-order valence-corrected chi connectivity index (χ0v) is 10.6. The van der Waals surface area contributed by atoms with Crippen LogP contribution in [0.5, 0.6) is 0 Å². The molecule has 0 fully saturated rings.